The van der Waals surface area contributed by atoms with E-state index in [0.717, 1.165) is 11.1 Å². The summed E-state index contributed by atoms with van der Waals surface area (Å²) in [4.78, 5) is 16.8. The van der Waals surface area contributed by atoms with E-state index in [9.17, 15) is 4.79 Å². The molecule has 0 saturated heterocycles. The third-order valence-electron chi connectivity index (χ3n) is 5.27. The molecule has 1 aromatic heterocycles. The molecular weight excluding hydrogens is 452 g/mol. The summed E-state index contributed by atoms with van der Waals surface area (Å²) >= 11 is 1.27. The second-order valence-electron chi connectivity index (χ2n) is 7.45. The van der Waals surface area contributed by atoms with Gasteiger partial charge in [-0.15, -0.1) is 0 Å². The molecular formula is C25H20N4O4S. The fourth-order valence-corrected chi connectivity index (χ4v) is 4.52. The molecule has 3 aromatic rings. The van der Waals surface area contributed by atoms with E-state index >= 15 is 0 Å². The number of ether oxygens (including phenoxy) is 2. The number of hydrogen-bond donors (Lipinski definition) is 1. The maximum absolute atomic E-state index is 12.7. The fraction of sp³-hybridized carbons (Fsp3) is 0.120. The highest BCUT2D eigenvalue weighted by atomic mass is 32.2. The Morgan fingerprint density at radius 3 is 2.62 bits per heavy atom. The molecule has 3 heterocycles. The van der Waals surface area contributed by atoms with Gasteiger partial charge in [0.1, 0.15) is 16.6 Å². The Bertz CT molecular complexity index is 1370. The maximum atomic E-state index is 12.7. The molecule has 0 bridgehead atoms. The molecule has 8 nitrogen and oxygen atoms in total. The second-order valence-corrected chi connectivity index (χ2v) is 8.49. The van der Waals surface area contributed by atoms with Gasteiger partial charge in [-0.25, -0.2) is 0 Å². The number of fused-ring (bicyclic) bond motifs is 1. The zero-order valence-electron chi connectivity index (χ0n) is 18.4. The fourth-order valence-electron chi connectivity index (χ4n) is 3.60. The van der Waals surface area contributed by atoms with Crippen molar-refractivity contribution in [2.24, 2.45) is 10.1 Å². The van der Waals surface area contributed by atoms with Crippen LogP contribution in [0.2, 0.25) is 0 Å². The summed E-state index contributed by atoms with van der Waals surface area (Å²) < 4.78 is 16.5. The van der Waals surface area contributed by atoms with Gasteiger partial charge < -0.3 is 13.9 Å². The maximum Gasteiger partial charge on any atom is 0.283 e. The van der Waals surface area contributed by atoms with Gasteiger partial charge in [0.15, 0.2) is 17.3 Å². The van der Waals surface area contributed by atoms with Crippen molar-refractivity contribution in [2.75, 3.05) is 14.2 Å². The molecule has 0 aliphatic carbocycles. The third kappa shape index (κ3) is 4.13. The van der Waals surface area contributed by atoms with E-state index < -0.39 is 5.91 Å². The van der Waals surface area contributed by atoms with Gasteiger partial charge in [-0.1, -0.05) is 36.4 Å². The Kier molecular flexibility index (Phi) is 5.77. The summed E-state index contributed by atoms with van der Waals surface area (Å²) in [6.07, 6.45) is 2.03. The highest BCUT2D eigenvalue weighted by molar-refractivity contribution is 8.26. The summed E-state index contributed by atoms with van der Waals surface area (Å²) in [5.74, 6) is 1.88. The smallest absolute Gasteiger partial charge is 0.283 e. The lowest BCUT2D eigenvalue weighted by molar-refractivity contribution is -0.114. The molecule has 2 aliphatic heterocycles. The first kappa shape index (κ1) is 21.7. The molecule has 5 rings (SSSR count). The molecule has 2 aliphatic rings. The van der Waals surface area contributed by atoms with Gasteiger partial charge >= 0.3 is 0 Å². The molecule has 34 heavy (non-hydrogen) atoms. The average Bonchev–Trinajstić information content (AvgIpc) is 3.49. The number of aliphatic imine (C=N–C) groups is 1. The van der Waals surface area contributed by atoms with Gasteiger partial charge in [0.05, 0.1) is 19.8 Å². The van der Waals surface area contributed by atoms with Gasteiger partial charge in [-0.05, 0) is 47.7 Å². The van der Waals surface area contributed by atoms with Gasteiger partial charge in [-0.3, -0.25) is 10.2 Å². The summed E-state index contributed by atoms with van der Waals surface area (Å²) in [5, 5.41) is 15.6. The van der Waals surface area contributed by atoms with Crippen molar-refractivity contribution in [2.45, 2.75) is 6.42 Å². The highest BCUT2D eigenvalue weighted by Crippen LogP contribution is 2.32. The molecule has 0 atom stereocenters. The summed E-state index contributed by atoms with van der Waals surface area (Å²) in [5.41, 5.74) is 2.01. The standard InChI is InChI=1S/C25H20N4O4S/c1-31-20-10-8-15(12-21(20)32-2)13-22-28-29-23(26)18(24(30)27-25(29)34-22)14-17-9-11-19(33-17)16-6-4-3-5-7-16/h3-12,14,26H,13H2,1-2H3. The predicted octanol–water partition coefficient (Wildman–Crippen LogP) is 4.83. The normalized spacial score (nSPS) is 16.4. The SMILES string of the molecule is COc1ccc(CC2=NN3C(=N)C(=Cc4ccc(-c5ccccc5)o4)C(=O)N=C3S2)cc1OC. The number of furan rings is 1. The largest absolute Gasteiger partial charge is 0.493 e. The first-order chi connectivity index (χ1) is 16.6. The zero-order valence-corrected chi connectivity index (χ0v) is 19.3. The minimum Gasteiger partial charge on any atom is -0.493 e. The van der Waals surface area contributed by atoms with Crippen molar-refractivity contribution in [1.29, 1.82) is 5.41 Å². The molecule has 0 unspecified atom stereocenters. The second kappa shape index (κ2) is 9.03. The summed E-state index contributed by atoms with van der Waals surface area (Å²) in [6, 6.07) is 18.9. The molecule has 0 fully saturated rings. The number of carbonyl (C=O) groups is 1. The molecule has 0 spiro atoms. The highest BCUT2D eigenvalue weighted by Gasteiger charge is 2.35. The van der Waals surface area contributed by atoms with Crippen molar-refractivity contribution in [3.05, 3.63) is 77.6 Å². The molecule has 170 valence electrons. The zero-order chi connectivity index (χ0) is 23.7. The van der Waals surface area contributed by atoms with Crippen molar-refractivity contribution in [1.82, 2.24) is 5.01 Å². The summed E-state index contributed by atoms with van der Waals surface area (Å²) in [6.45, 7) is 0. The number of hydrazone groups is 1. The molecule has 1 N–H and O–H groups in total. The number of amides is 1. The topological polar surface area (TPSA) is 100 Å². The molecule has 2 aromatic carbocycles. The van der Waals surface area contributed by atoms with E-state index in [1.807, 2.05) is 54.6 Å². The van der Waals surface area contributed by atoms with Crippen LogP contribution in [0.4, 0.5) is 0 Å². The van der Waals surface area contributed by atoms with Crippen LogP contribution in [0.1, 0.15) is 11.3 Å². The lowest BCUT2D eigenvalue weighted by Gasteiger charge is -2.19. The van der Waals surface area contributed by atoms with Crippen LogP contribution >= 0.6 is 11.8 Å². The van der Waals surface area contributed by atoms with Crippen LogP contribution in [0.3, 0.4) is 0 Å². The summed E-state index contributed by atoms with van der Waals surface area (Å²) in [7, 11) is 3.17. The lowest BCUT2D eigenvalue weighted by atomic mass is 10.1. The number of methoxy groups -OCH3 is 2. The van der Waals surface area contributed by atoms with Crippen LogP contribution in [-0.4, -0.2) is 41.2 Å². The van der Waals surface area contributed by atoms with E-state index in [2.05, 4.69) is 10.1 Å². The number of nitrogens with one attached hydrogen (secondary N) is 1. The Morgan fingerprint density at radius 1 is 1.06 bits per heavy atom. The van der Waals surface area contributed by atoms with Gasteiger partial charge in [0, 0.05) is 12.0 Å². The van der Waals surface area contributed by atoms with Crippen LogP contribution in [0.15, 0.2) is 80.7 Å². The first-order valence-corrected chi connectivity index (χ1v) is 11.2. The monoisotopic (exact) mass is 472 g/mol. The van der Waals surface area contributed by atoms with Crippen LogP contribution < -0.4 is 9.47 Å². The number of rotatable bonds is 6. The molecule has 0 saturated carbocycles. The van der Waals surface area contributed by atoms with E-state index in [4.69, 9.17) is 19.3 Å². The Morgan fingerprint density at radius 2 is 1.85 bits per heavy atom. The third-order valence-corrected chi connectivity index (χ3v) is 6.18. The van der Waals surface area contributed by atoms with Crippen molar-refractivity contribution in [3.63, 3.8) is 0 Å². The number of hydrogen-bond acceptors (Lipinski definition) is 7. The minimum atomic E-state index is -0.496. The molecule has 9 heteroatoms. The van der Waals surface area contributed by atoms with Gasteiger partial charge in [-0.2, -0.15) is 15.1 Å². The van der Waals surface area contributed by atoms with E-state index in [-0.39, 0.29) is 11.4 Å². The van der Waals surface area contributed by atoms with Gasteiger partial charge in [0.2, 0.25) is 5.17 Å². The number of thioether (sulfide) groups is 1. The van der Waals surface area contributed by atoms with Crippen LogP contribution in [0, 0.1) is 5.41 Å². The van der Waals surface area contributed by atoms with Crippen molar-refractivity contribution in [3.8, 4) is 22.8 Å². The number of nitrogens with zero attached hydrogens (tertiary/aromatic N) is 3. The van der Waals surface area contributed by atoms with Crippen molar-refractivity contribution >= 4 is 39.8 Å². The Labute approximate surface area is 200 Å². The first-order valence-electron chi connectivity index (χ1n) is 10.4. The average molecular weight is 473 g/mol. The van der Waals surface area contributed by atoms with E-state index in [0.29, 0.717) is 39.7 Å². The Hall–Kier alpha value is -4.11. The number of amidine groups is 2. The van der Waals surface area contributed by atoms with Gasteiger partial charge in [0.25, 0.3) is 5.91 Å². The predicted molar refractivity (Wildman–Crippen MR) is 132 cm³/mol. The quantitative estimate of drug-likeness (QED) is 0.516. The van der Waals surface area contributed by atoms with Crippen LogP contribution in [0.25, 0.3) is 17.4 Å². The van der Waals surface area contributed by atoms with E-state index in [1.54, 1.807) is 20.3 Å². The molecule has 0 radical (unpaired) electrons. The number of carbonyl (C=O) groups excluding carboxylic acids is 1. The number of benzene rings is 2. The Balaban J connectivity index is 1.37. The molecule has 1 amide bonds. The van der Waals surface area contributed by atoms with Crippen molar-refractivity contribution < 1.29 is 18.7 Å². The lowest BCUT2D eigenvalue weighted by Crippen LogP contribution is -2.35. The van der Waals surface area contributed by atoms with Crippen LogP contribution in [-0.2, 0) is 11.2 Å². The van der Waals surface area contributed by atoms with Crippen LogP contribution in [0.5, 0.6) is 11.5 Å². The minimum absolute atomic E-state index is 0.0394. The van der Waals surface area contributed by atoms with E-state index in [1.165, 1.54) is 22.8 Å².